The average molecular weight is 424 g/mol. The molecule has 11 nitrogen and oxygen atoms in total. The summed E-state index contributed by atoms with van der Waals surface area (Å²) in [5, 5.41) is 16.5. The van der Waals surface area contributed by atoms with Gasteiger partial charge in [0, 0.05) is 30.5 Å². The SMILES string of the molecule is Cc1nc(Nc2ccc(NC(=O)c3ccc([N+](=O)[O-])o3)cc2)cc(N2CCOCC2)n1. The number of aryl methyl sites for hydroxylation is 1. The highest BCUT2D eigenvalue weighted by Gasteiger charge is 2.17. The van der Waals surface area contributed by atoms with Crippen LogP contribution in [0.25, 0.3) is 0 Å². The zero-order valence-electron chi connectivity index (χ0n) is 16.7. The summed E-state index contributed by atoms with van der Waals surface area (Å²) in [5.74, 6) is 0.962. The van der Waals surface area contributed by atoms with E-state index in [0.29, 0.717) is 30.5 Å². The third kappa shape index (κ3) is 4.95. The maximum absolute atomic E-state index is 12.2. The first-order valence-electron chi connectivity index (χ1n) is 9.59. The van der Waals surface area contributed by atoms with E-state index in [1.807, 2.05) is 13.0 Å². The average Bonchev–Trinajstić information content (AvgIpc) is 3.26. The fourth-order valence-electron chi connectivity index (χ4n) is 3.10. The second-order valence-electron chi connectivity index (χ2n) is 6.81. The highest BCUT2D eigenvalue weighted by atomic mass is 16.6. The number of benzene rings is 1. The molecule has 2 N–H and O–H groups in total. The second kappa shape index (κ2) is 8.79. The van der Waals surface area contributed by atoms with Gasteiger partial charge in [0.25, 0.3) is 5.91 Å². The molecule has 0 spiro atoms. The van der Waals surface area contributed by atoms with E-state index in [1.54, 1.807) is 24.3 Å². The maximum Gasteiger partial charge on any atom is 0.433 e. The van der Waals surface area contributed by atoms with Crippen LogP contribution in [-0.2, 0) is 4.74 Å². The topological polar surface area (TPSA) is 136 Å². The standard InChI is InChI=1S/C20H20N6O5/c1-13-21-17(12-18(22-13)25-8-10-30-11-9-25)23-14-2-4-15(5-3-14)24-20(27)16-6-7-19(31-16)26(28)29/h2-7,12H,8-11H2,1H3,(H,24,27)(H,21,22,23). The highest BCUT2D eigenvalue weighted by molar-refractivity contribution is 6.02. The molecule has 1 aromatic carbocycles. The van der Waals surface area contributed by atoms with Crippen molar-refractivity contribution in [2.75, 3.05) is 41.8 Å². The summed E-state index contributed by atoms with van der Waals surface area (Å²) in [5.41, 5.74) is 1.29. The van der Waals surface area contributed by atoms with Crippen molar-refractivity contribution in [3.63, 3.8) is 0 Å². The first-order valence-corrected chi connectivity index (χ1v) is 9.59. The first kappa shape index (κ1) is 20.3. The van der Waals surface area contributed by atoms with Crippen LogP contribution in [0.15, 0.2) is 46.9 Å². The van der Waals surface area contributed by atoms with Crippen molar-refractivity contribution in [1.82, 2.24) is 9.97 Å². The third-order valence-corrected chi connectivity index (χ3v) is 4.57. The van der Waals surface area contributed by atoms with Crippen molar-refractivity contribution in [1.29, 1.82) is 0 Å². The molecule has 0 bridgehead atoms. The van der Waals surface area contributed by atoms with Gasteiger partial charge in [0.1, 0.15) is 22.4 Å². The second-order valence-corrected chi connectivity index (χ2v) is 6.81. The van der Waals surface area contributed by atoms with Gasteiger partial charge in [0.2, 0.25) is 0 Å². The van der Waals surface area contributed by atoms with Crippen LogP contribution in [0.2, 0.25) is 0 Å². The van der Waals surface area contributed by atoms with Crippen molar-refractivity contribution in [2.24, 2.45) is 0 Å². The predicted molar refractivity (Wildman–Crippen MR) is 113 cm³/mol. The summed E-state index contributed by atoms with van der Waals surface area (Å²) in [7, 11) is 0. The lowest BCUT2D eigenvalue weighted by atomic mass is 10.2. The summed E-state index contributed by atoms with van der Waals surface area (Å²) < 4.78 is 10.3. The molecule has 3 aromatic rings. The molecule has 4 rings (SSSR count). The number of carbonyl (C=O) groups excluding carboxylic acids is 1. The Morgan fingerprint density at radius 3 is 2.48 bits per heavy atom. The van der Waals surface area contributed by atoms with E-state index in [-0.39, 0.29) is 5.76 Å². The minimum absolute atomic E-state index is 0.138. The van der Waals surface area contributed by atoms with Gasteiger partial charge in [-0.15, -0.1) is 0 Å². The molecular formula is C20H20N6O5. The number of hydrogen-bond acceptors (Lipinski definition) is 9. The van der Waals surface area contributed by atoms with Gasteiger partial charge in [-0.1, -0.05) is 0 Å². The van der Waals surface area contributed by atoms with Crippen molar-refractivity contribution in [3.8, 4) is 0 Å². The Bertz CT molecular complexity index is 1090. The van der Waals surface area contributed by atoms with Crippen LogP contribution in [0.3, 0.4) is 0 Å². The highest BCUT2D eigenvalue weighted by Crippen LogP contribution is 2.23. The fraction of sp³-hybridized carbons (Fsp3) is 0.250. The lowest BCUT2D eigenvalue weighted by Crippen LogP contribution is -2.36. The number of furan rings is 1. The Morgan fingerprint density at radius 1 is 1.10 bits per heavy atom. The van der Waals surface area contributed by atoms with Crippen molar-refractivity contribution >= 4 is 34.8 Å². The monoisotopic (exact) mass is 424 g/mol. The summed E-state index contributed by atoms with van der Waals surface area (Å²) in [4.78, 5) is 33.2. The third-order valence-electron chi connectivity index (χ3n) is 4.57. The summed E-state index contributed by atoms with van der Waals surface area (Å²) in [6, 6.07) is 11.3. The minimum Gasteiger partial charge on any atom is -0.395 e. The van der Waals surface area contributed by atoms with Gasteiger partial charge < -0.3 is 24.7 Å². The van der Waals surface area contributed by atoms with Gasteiger partial charge in [-0.3, -0.25) is 14.9 Å². The van der Waals surface area contributed by atoms with E-state index in [9.17, 15) is 14.9 Å². The number of ether oxygens (including phenoxy) is 1. The molecule has 1 fully saturated rings. The Balaban J connectivity index is 1.42. The zero-order valence-corrected chi connectivity index (χ0v) is 16.7. The van der Waals surface area contributed by atoms with Gasteiger partial charge in [-0.05, 0) is 37.3 Å². The molecular weight excluding hydrogens is 404 g/mol. The quantitative estimate of drug-likeness (QED) is 0.452. The van der Waals surface area contributed by atoms with E-state index in [0.717, 1.165) is 30.7 Å². The Labute approximate surface area is 177 Å². The number of amides is 1. The molecule has 0 saturated carbocycles. The molecule has 1 aliphatic heterocycles. The maximum atomic E-state index is 12.2. The summed E-state index contributed by atoms with van der Waals surface area (Å²) in [6.45, 7) is 4.74. The molecule has 11 heteroatoms. The van der Waals surface area contributed by atoms with Crippen LogP contribution < -0.4 is 15.5 Å². The van der Waals surface area contributed by atoms with Gasteiger partial charge in [0.05, 0.1) is 19.3 Å². The lowest BCUT2D eigenvalue weighted by Gasteiger charge is -2.28. The molecule has 0 radical (unpaired) electrons. The smallest absolute Gasteiger partial charge is 0.395 e. The molecule has 1 amide bonds. The number of nitro groups is 1. The van der Waals surface area contributed by atoms with Crippen LogP contribution in [0.5, 0.6) is 0 Å². The van der Waals surface area contributed by atoms with Crippen LogP contribution in [-0.4, -0.2) is 47.1 Å². The molecule has 3 heterocycles. The number of nitrogens with zero attached hydrogens (tertiary/aromatic N) is 4. The molecule has 0 aliphatic carbocycles. The van der Waals surface area contributed by atoms with E-state index >= 15 is 0 Å². The largest absolute Gasteiger partial charge is 0.433 e. The summed E-state index contributed by atoms with van der Waals surface area (Å²) in [6.07, 6.45) is 0. The normalized spacial score (nSPS) is 13.6. The zero-order chi connectivity index (χ0) is 21.8. The number of morpholine rings is 1. The number of hydrogen-bond donors (Lipinski definition) is 2. The first-order chi connectivity index (χ1) is 15.0. The Kier molecular flexibility index (Phi) is 5.76. The fourth-order valence-corrected chi connectivity index (χ4v) is 3.10. The van der Waals surface area contributed by atoms with Crippen molar-refractivity contribution in [3.05, 3.63) is 64.2 Å². The molecule has 1 aliphatic rings. The van der Waals surface area contributed by atoms with Crippen LogP contribution in [0.1, 0.15) is 16.4 Å². The minimum atomic E-state index is -0.698. The van der Waals surface area contributed by atoms with Crippen LogP contribution in [0, 0.1) is 17.0 Å². The summed E-state index contributed by atoms with van der Waals surface area (Å²) >= 11 is 0. The predicted octanol–water partition coefficient (Wildman–Crippen LogP) is 3.12. The Morgan fingerprint density at radius 2 is 1.81 bits per heavy atom. The van der Waals surface area contributed by atoms with Gasteiger partial charge in [-0.2, -0.15) is 0 Å². The molecule has 160 valence electrons. The molecule has 2 aromatic heterocycles. The van der Waals surface area contributed by atoms with Crippen LogP contribution >= 0.6 is 0 Å². The van der Waals surface area contributed by atoms with E-state index in [4.69, 9.17) is 9.15 Å². The van der Waals surface area contributed by atoms with Crippen molar-refractivity contribution < 1.29 is 18.9 Å². The van der Waals surface area contributed by atoms with Gasteiger partial charge >= 0.3 is 5.88 Å². The van der Waals surface area contributed by atoms with E-state index in [2.05, 4.69) is 25.5 Å². The van der Waals surface area contributed by atoms with Crippen molar-refractivity contribution in [2.45, 2.75) is 6.92 Å². The lowest BCUT2D eigenvalue weighted by molar-refractivity contribution is -0.402. The molecule has 1 saturated heterocycles. The number of aromatic nitrogens is 2. The van der Waals surface area contributed by atoms with Crippen LogP contribution in [0.4, 0.5) is 28.9 Å². The number of anilines is 4. The molecule has 31 heavy (non-hydrogen) atoms. The number of carbonyl (C=O) groups is 1. The van der Waals surface area contributed by atoms with Gasteiger partial charge in [0.15, 0.2) is 5.76 Å². The molecule has 0 unspecified atom stereocenters. The Hall–Kier alpha value is -3.99. The van der Waals surface area contributed by atoms with E-state index < -0.39 is 16.7 Å². The van der Waals surface area contributed by atoms with Gasteiger partial charge in [-0.25, -0.2) is 9.97 Å². The van der Waals surface area contributed by atoms with E-state index in [1.165, 1.54) is 6.07 Å². The number of rotatable bonds is 6. The molecule has 0 atom stereocenters. The number of nitrogens with one attached hydrogen (secondary N) is 2.